The first-order chi connectivity index (χ1) is 12.1. The van der Waals surface area contributed by atoms with Gasteiger partial charge in [-0.25, -0.2) is 0 Å². The van der Waals surface area contributed by atoms with Gasteiger partial charge in [0.05, 0.1) is 5.92 Å². The summed E-state index contributed by atoms with van der Waals surface area (Å²) < 4.78 is 5.18. The number of hydrogen-bond acceptors (Lipinski definition) is 4. The van der Waals surface area contributed by atoms with Crippen molar-refractivity contribution in [3.8, 4) is 0 Å². The number of anilines is 1. The lowest BCUT2D eigenvalue weighted by Gasteiger charge is -2.23. The van der Waals surface area contributed by atoms with Crippen molar-refractivity contribution in [1.82, 2.24) is 4.90 Å². The molecule has 1 aliphatic carbocycles. The Kier molecular flexibility index (Phi) is 5.36. The minimum Gasteiger partial charge on any atom is -0.455 e. The van der Waals surface area contributed by atoms with Gasteiger partial charge < -0.3 is 14.5 Å². The first-order valence-corrected chi connectivity index (χ1v) is 8.84. The normalized spacial score (nSPS) is 20.8. The van der Waals surface area contributed by atoms with E-state index in [4.69, 9.17) is 4.74 Å². The number of likely N-dealkylation sites (tertiary alicyclic amines) is 1. The Bertz CT molecular complexity index is 640. The number of ether oxygens (including phenoxy) is 1. The van der Waals surface area contributed by atoms with Gasteiger partial charge in [-0.05, 0) is 25.0 Å². The van der Waals surface area contributed by atoms with E-state index in [1.807, 2.05) is 35.2 Å². The van der Waals surface area contributed by atoms with Crippen LogP contribution in [-0.4, -0.2) is 48.9 Å². The molecule has 0 N–H and O–H groups in total. The Morgan fingerprint density at radius 1 is 1.20 bits per heavy atom. The zero-order valence-corrected chi connectivity index (χ0v) is 14.5. The second-order valence-corrected chi connectivity index (χ2v) is 6.78. The van der Waals surface area contributed by atoms with E-state index in [1.54, 1.807) is 7.05 Å². The standard InChI is InChI=1S/C19H24N2O4/c1-20(15-7-3-2-4-8-15)18(23)13-25-19(24)14-11-17(22)21(12-14)16-9-5-6-10-16/h2-4,7-8,14,16H,5-6,9-13H2,1H3/t14-/m0/s1. The average molecular weight is 344 g/mol. The predicted molar refractivity (Wildman–Crippen MR) is 92.9 cm³/mol. The van der Waals surface area contributed by atoms with E-state index in [2.05, 4.69) is 0 Å². The Hall–Kier alpha value is -2.37. The SMILES string of the molecule is CN(C(=O)COC(=O)[C@H]1CC(=O)N(C2CCCC2)C1)c1ccccc1. The largest absolute Gasteiger partial charge is 0.455 e. The Balaban J connectivity index is 1.49. The minimum atomic E-state index is -0.456. The van der Waals surface area contributed by atoms with Crippen LogP contribution >= 0.6 is 0 Å². The molecule has 1 aliphatic heterocycles. The van der Waals surface area contributed by atoms with Crippen LogP contribution in [0, 0.1) is 5.92 Å². The van der Waals surface area contributed by atoms with Gasteiger partial charge >= 0.3 is 5.97 Å². The van der Waals surface area contributed by atoms with Crippen LogP contribution in [0.4, 0.5) is 5.69 Å². The van der Waals surface area contributed by atoms with E-state index >= 15 is 0 Å². The quantitative estimate of drug-likeness (QED) is 0.766. The fraction of sp³-hybridized carbons (Fsp3) is 0.526. The number of carbonyl (C=O) groups is 3. The van der Waals surface area contributed by atoms with Gasteiger partial charge in [0.25, 0.3) is 5.91 Å². The summed E-state index contributed by atoms with van der Waals surface area (Å²) >= 11 is 0. The highest BCUT2D eigenvalue weighted by atomic mass is 16.5. The fourth-order valence-electron chi connectivity index (χ4n) is 3.60. The van der Waals surface area contributed by atoms with Gasteiger partial charge in [-0.1, -0.05) is 31.0 Å². The van der Waals surface area contributed by atoms with Gasteiger partial charge in [0, 0.05) is 31.7 Å². The summed E-state index contributed by atoms with van der Waals surface area (Å²) in [5.41, 5.74) is 0.743. The van der Waals surface area contributed by atoms with Crippen molar-refractivity contribution in [2.45, 2.75) is 38.1 Å². The molecule has 1 atom stereocenters. The summed E-state index contributed by atoms with van der Waals surface area (Å²) in [4.78, 5) is 39.9. The summed E-state index contributed by atoms with van der Waals surface area (Å²) in [7, 11) is 1.65. The number of carbonyl (C=O) groups excluding carboxylic acids is 3. The van der Waals surface area contributed by atoms with Gasteiger partial charge in [-0.3, -0.25) is 14.4 Å². The van der Waals surface area contributed by atoms with E-state index in [0.29, 0.717) is 6.54 Å². The second kappa shape index (κ2) is 7.68. The van der Waals surface area contributed by atoms with Crippen molar-refractivity contribution < 1.29 is 19.1 Å². The first-order valence-electron chi connectivity index (χ1n) is 8.84. The lowest BCUT2D eigenvalue weighted by Crippen LogP contribution is -2.36. The molecule has 134 valence electrons. The fourth-order valence-corrected chi connectivity index (χ4v) is 3.60. The second-order valence-electron chi connectivity index (χ2n) is 6.78. The molecule has 0 bridgehead atoms. The molecular formula is C19H24N2O4. The van der Waals surface area contributed by atoms with Crippen LogP contribution in [0.2, 0.25) is 0 Å². The topological polar surface area (TPSA) is 66.9 Å². The number of rotatable bonds is 5. The summed E-state index contributed by atoms with van der Waals surface area (Å²) in [6.45, 7) is 0.114. The minimum absolute atomic E-state index is 0.0292. The summed E-state index contributed by atoms with van der Waals surface area (Å²) in [5, 5.41) is 0. The molecule has 0 aromatic heterocycles. The molecule has 1 heterocycles. The molecule has 1 saturated carbocycles. The molecule has 3 rings (SSSR count). The molecule has 25 heavy (non-hydrogen) atoms. The van der Waals surface area contributed by atoms with Crippen molar-refractivity contribution in [3.63, 3.8) is 0 Å². The highest BCUT2D eigenvalue weighted by molar-refractivity contribution is 5.95. The third kappa shape index (κ3) is 4.00. The number of esters is 1. The van der Waals surface area contributed by atoms with Gasteiger partial charge in [-0.2, -0.15) is 0 Å². The van der Waals surface area contributed by atoms with Crippen LogP contribution in [0.25, 0.3) is 0 Å². The molecule has 1 aromatic rings. The van der Waals surface area contributed by atoms with Gasteiger partial charge in [0.2, 0.25) is 5.91 Å². The van der Waals surface area contributed by atoms with Crippen LogP contribution in [-0.2, 0) is 19.1 Å². The monoisotopic (exact) mass is 344 g/mol. The Morgan fingerprint density at radius 3 is 2.56 bits per heavy atom. The number of nitrogens with zero attached hydrogens (tertiary/aromatic N) is 2. The van der Waals surface area contributed by atoms with Crippen LogP contribution in [0.3, 0.4) is 0 Å². The molecule has 1 saturated heterocycles. The highest BCUT2D eigenvalue weighted by Crippen LogP contribution is 2.29. The van der Waals surface area contributed by atoms with Gasteiger partial charge in [0.1, 0.15) is 0 Å². The predicted octanol–water partition coefficient (Wildman–Crippen LogP) is 1.98. The maximum Gasteiger partial charge on any atom is 0.311 e. The van der Waals surface area contributed by atoms with Gasteiger partial charge in [-0.15, -0.1) is 0 Å². The smallest absolute Gasteiger partial charge is 0.311 e. The zero-order valence-electron chi connectivity index (χ0n) is 14.5. The number of hydrogen-bond donors (Lipinski definition) is 0. The first kappa shape index (κ1) is 17.5. The van der Waals surface area contributed by atoms with Crippen LogP contribution in [0.15, 0.2) is 30.3 Å². The number of amides is 2. The average Bonchev–Trinajstić information content (AvgIpc) is 3.28. The summed E-state index contributed by atoms with van der Waals surface area (Å²) in [6, 6.07) is 9.45. The van der Waals surface area contributed by atoms with Crippen molar-refractivity contribution >= 4 is 23.5 Å². The van der Waals surface area contributed by atoms with E-state index in [0.717, 1.165) is 31.4 Å². The number of benzene rings is 1. The molecule has 6 nitrogen and oxygen atoms in total. The molecule has 2 fully saturated rings. The van der Waals surface area contributed by atoms with Crippen molar-refractivity contribution in [2.24, 2.45) is 5.92 Å². The van der Waals surface area contributed by atoms with Crippen molar-refractivity contribution in [3.05, 3.63) is 30.3 Å². The number of likely N-dealkylation sites (N-methyl/N-ethyl adjacent to an activating group) is 1. The van der Waals surface area contributed by atoms with Crippen LogP contribution in [0.5, 0.6) is 0 Å². The molecule has 0 spiro atoms. The lowest BCUT2D eigenvalue weighted by molar-refractivity contribution is -0.151. The van der Waals surface area contributed by atoms with E-state index in [9.17, 15) is 14.4 Å². The van der Waals surface area contributed by atoms with Crippen LogP contribution in [0.1, 0.15) is 32.1 Å². The number of para-hydroxylation sites is 1. The lowest BCUT2D eigenvalue weighted by atomic mass is 10.1. The maximum atomic E-state index is 12.2. The highest BCUT2D eigenvalue weighted by Gasteiger charge is 2.39. The zero-order chi connectivity index (χ0) is 17.8. The molecule has 6 heteroatoms. The Labute approximate surface area is 147 Å². The molecule has 1 aromatic carbocycles. The molecule has 0 unspecified atom stereocenters. The van der Waals surface area contributed by atoms with Crippen LogP contribution < -0.4 is 4.90 Å². The molecule has 2 amide bonds. The third-order valence-electron chi connectivity index (χ3n) is 5.11. The molecular weight excluding hydrogens is 320 g/mol. The molecule has 0 radical (unpaired) electrons. The summed E-state index contributed by atoms with van der Waals surface area (Å²) in [5.74, 6) is -1.18. The van der Waals surface area contributed by atoms with Gasteiger partial charge in [0.15, 0.2) is 6.61 Å². The third-order valence-corrected chi connectivity index (χ3v) is 5.11. The van der Waals surface area contributed by atoms with Crippen molar-refractivity contribution in [2.75, 3.05) is 25.1 Å². The Morgan fingerprint density at radius 2 is 1.88 bits per heavy atom. The summed E-state index contributed by atoms with van der Waals surface area (Å²) in [6.07, 6.45) is 4.52. The van der Waals surface area contributed by atoms with Crippen molar-refractivity contribution in [1.29, 1.82) is 0 Å². The molecule has 2 aliphatic rings. The maximum absolute atomic E-state index is 12.2. The van der Waals surface area contributed by atoms with E-state index in [1.165, 1.54) is 4.90 Å². The van der Waals surface area contributed by atoms with E-state index < -0.39 is 11.9 Å². The van der Waals surface area contributed by atoms with E-state index in [-0.39, 0.29) is 30.9 Å².